The maximum atomic E-state index is 12.5. The Morgan fingerprint density at radius 2 is 2.00 bits per heavy atom. The molecule has 0 saturated carbocycles. The van der Waals surface area contributed by atoms with Gasteiger partial charge in [-0.1, -0.05) is 20.8 Å². The van der Waals surface area contributed by atoms with E-state index in [0.29, 0.717) is 32.6 Å². The van der Waals surface area contributed by atoms with Gasteiger partial charge in [-0.2, -0.15) is 13.2 Å². The third-order valence-electron chi connectivity index (χ3n) is 4.44. The molecule has 2 amide bonds. The zero-order valence-electron chi connectivity index (χ0n) is 15.1. The normalized spacial score (nSPS) is 19.6. The maximum Gasteiger partial charge on any atom is 0.401 e. The van der Waals surface area contributed by atoms with Crippen LogP contribution >= 0.6 is 0 Å². The number of likely N-dealkylation sites (tertiary alicyclic amines) is 1. The van der Waals surface area contributed by atoms with Gasteiger partial charge in [0, 0.05) is 19.6 Å². The molecule has 1 unspecified atom stereocenters. The number of rotatable bonds is 8. The average Bonchev–Trinajstić information content (AvgIpc) is 2.97. The summed E-state index contributed by atoms with van der Waals surface area (Å²) in [6.07, 6.45) is -3.55. The molecule has 6 nitrogen and oxygen atoms in total. The van der Waals surface area contributed by atoms with Gasteiger partial charge in [-0.3, -0.25) is 14.5 Å². The standard InChI is InChI=1S/C16H29F3N4O2/c1-4-22(10-16(17,18)19)8-12-5-6-23(9-12)13(24)7-21-15(25)14(20)11(2)3/h11-12,14H,4-10,20H2,1-3H3,(H,21,25)/t12?,14-/m0/s1. The number of amides is 2. The molecule has 0 bridgehead atoms. The summed E-state index contributed by atoms with van der Waals surface area (Å²) in [5.41, 5.74) is 5.71. The van der Waals surface area contributed by atoms with Crippen molar-refractivity contribution in [1.82, 2.24) is 15.1 Å². The van der Waals surface area contributed by atoms with Crippen molar-refractivity contribution in [2.45, 2.75) is 39.4 Å². The zero-order valence-corrected chi connectivity index (χ0v) is 15.1. The number of carbonyl (C=O) groups is 2. The van der Waals surface area contributed by atoms with Crippen molar-refractivity contribution in [2.75, 3.05) is 39.3 Å². The summed E-state index contributed by atoms with van der Waals surface area (Å²) in [5.74, 6) is -0.619. The minimum absolute atomic E-state index is 0.0138. The van der Waals surface area contributed by atoms with Gasteiger partial charge in [-0.15, -0.1) is 0 Å². The van der Waals surface area contributed by atoms with Crippen molar-refractivity contribution in [2.24, 2.45) is 17.6 Å². The van der Waals surface area contributed by atoms with Crippen LogP contribution in [0.4, 0.5) is 13.2 Å². The molecule has 1 saturated heterocycles. The molecule has 1 rings (SSSR count). The van der Waals surface area contributed by atoms with E-state index in [1.54, 1.807) is 11.8 Å². The summed E-state index contributed by atoms with van der Waals surface area (Å²) >= 11 is 0. The van der Waals surface area contributed by atoms with Gasteiger partial charge < -0.3 is 16.0 Å². The summed E-state index contributed by atoms with van der Waals surface area (Å²) in [5, 5.41) is 2.52. The van der Waals surface area contributed by atoms with E-state index < -0.39 is 18.8 Å². The molecule has 0 aromatic heterocycles. The van der Waals surface area contributed by atoms with Gasteiger partial charge in [0.2, 0.25) is 11.8 Å². The highest BCUT2D eigenvalue weighted by atomic mass is 19.4. The topological polar surface area (TPSA) is 78.7 Å². The summed E-state index contributed by atoms with van der Waals surface area (Å²) in [6, 6.07) is -0.667. The fourth-order valence-corrected chi connectivity index (χ4v) is 2.83. The molecule has 0 radical (unpaired) electrons. The smallest absolute Gasteiger partial charge is 0.346 e. The first-order valence-corrected chi connectivity index (χ1v) is 8.63. The lowest BCUT2D eigenvalue weighted by atomic mass is 10.1. The van der Waals surface area contributed by atoms with E-state index in [0.717, 1.165) is 0 Å². The van der Waals surface area contributed by atoms with Crippen LogP contribution in [0.1, 0.15) is 27.2 Å². The van der Waals surface area contributed by atoms with E-state index in [9.17, 15) is 22.8 Å². The van der Waals surface area contributed by atoms with Crippen LogP contribution in [0.25, 0.3) is 0 Å². The van der Waals surface area contributed by atoms with Crippen LogP contribution in [0.3, 0.4) is 0 Å². The van der Waals surface area contributed by atoms with E-state index in [1.165, 1.54) is 4.90 Å². The number of hydrogen-bond acceptors (Lipinski definition) is 4. The second kappa shape index (κ2) is 9.38. The molecule has 1 aliphatic heterocycles. The third kappa shape index (κ3) is 7.60. The zero-order chi connectivity index (χ0) is 19.2. The Morgan fingerprint density at radius 3 is 2.52 bits per heavy atom. The molecule has 0 aliphatic carbocycles. The molecule has 0 spiro atoms. The maximum absolute atomic E-state index is 12.5. The van der Waals surface area contributed by atoms with Crippen LogP contribution in [0.5, 0.6) is 0 Å². The number of hydrogen-bond donors (Lipinski definition) is 2. The Hall–Kier alpha value is -1.35. The van der Waals surface area contributed by atoms with Crippen LogP contribution in [0, 0.1) is 11.8 Å². The summed E-state index contributed by atoms with van der Waals surface area (Å²) in [7, 11) is 0. The van der Waals surface area contributed by atoms with Crippen molar-refractivity contribution in [3.05, 3.63) is 0 Å². The summed E-state index contributed by atoms with van der Waals surface area (Å²) in [6.45, 7) is 5.80. The van der Waals surface area contributed by atoms with Crippen molar-refractivity contribution < 1.29 is 22.8 Å². The van der Waals surface area contributed by atoms with Gasteiger partial charge in [-0.05, 0) is 24.8 Å². The molecule has 1 heterocycles. The Labute approximate surface area is 146 Å². The average molecular weight is 366 g/mol. The fourth-order valence-electron chi connectivity index (χ4n) is 2.83. The first-order chi connectivity index (χ1) is 11.5. The molecular formula is C16H29F3N4O2. The Morgan fingerprint density at radius 1 is 1.36 bits per heavy atom. The quantitative estimate of drug-likeness (QED) is 0.667. The highest BCUT2D eigenvalue weighted by Crippen LogP contribution is 2.21. The van der Waals surface area contributed by atoms with Gasteiger partial charge in [0.1, 0.15) is 0 Å². The van der Waals surface area contributed by atoms with Crippen LogP contribution in [-0.4, -0.2) is 73.1 Å². The van der Waals surface area contributed by atoms with Crippen LogP contribution in [-0.2, 0) is 9.59 Å². The van der Waals surface area contributed by atoms with E-state index in [2.05, 4.69) is 5.32 Å². The molecule has 146 valence electrons. The molecular weight excluding hydrogens is 337 g/mol. The number of carbonyl (C=O) groups excluding carboxylic acids is 2. The lowest BCUT2D eigenvalue weighted by Crippen LogP contribution is -2.47. The predicted molar refractivity (Wildman–Crippen MR) is 88.7 cm³/mol. The van der Waals surface area contributed by atoms with Crippen LogP contribution < -0.4 is 11.1 Å². The molecule has 2 atom stereocenters. The van der Waals surface area contributed by atoms with Gasteiger partial charge >= 0.3 is 6.18 Å². The summed E-state index contributed by atoms with van der Waals surface area (Å²) in [4.78, 5) is 26.9. The summed E-state index contributed by atoms with van der Waals surface area (Å²) < 4.78 is 37.5. The Kier molecular flexibility index (Phi) is 8.14. The predicted octanol–water partition coefficient (Wildman–Crippen LogP) is 0.819. The number of nitrogens with two attached hydrogens (primary N) is 1. The molecule has 0 aromatic carbocycles. The van der Waals surface area contributed by atoms with Gasteiger partial charge in [0.05, 0.1) is 19.1 Å². The van der Waals surface area contributed by atoms with Crippen molar-refractivity contribution in [3.63, 3.8) is 0 Å². The van der Waals surface area contributed by atoms with Crippen molar-refractivity contribution >= 4 is 11.8 Å². The molecule has 9 heteroatoms. The molecule has 3 N–H and O–H groups in total. The minimum atomic E-state index is -4.22. The van der Waals surface area contributed by atoms with E-state index in [-0.39, 0.29) is 30.2 Å². The first kappa shape index (κ1) is 21.7. The van der Waals surface area contributed by atoms with Gasteiger partial charge in [0.25, 0.3) is 0 Å². The van der Waals surface area contributed by atoms with E-state index in [4.69, 9.17) is 5.73 Å². The van der Waals surface area contributed by atoms with E-state index >= 15 is 0 Å². The monoisotopic (exact) mass is 366 g/mol. The number of nitrogens with zero attached hydrogens (tertiary/aromatic N) is 2. The van der Waals surface area contributed by atoms with Crippen molar-refractivity contribution in [1.29, 1.82) is 0 Å². The first-order valence-electron chi connectivity index (χ1n) is 8.63. The fraction of sp³-hybridized carbons (Fsp3) is 0.875. The number of halogens is 3. The Balaban J connectivity index is 2.40. The molecule has 1 aliphatic rings. The number of nitrogens with one attached hydrogen (secondary N) is 1. The molecule has 1 fully saturated rings. The second-order valence-electron chi connectivity index (χ2n) is 6.92. The van der Waals surface area contributed by atoms with Crippen molar-refractivity contribution in [3.8, 4) is 0 Å². The van der Waals surface area contributed by atoms with Crippen LogP contribution in [0.2, 0.25) is 0 Å². The highest BCUT2D eigenvalue weighted by Gasteiger charge is 2.33. The minimum Gasteiger partial charge on any atom is -0.346 e. The molecule has 25 heavy (non-hydrogen) atoms. The SMILES string of the molecule is CCN(CC1CCN(C(=O)CNC(=O)[C@@H](N)C(C)C)C1)CC(F)(F)F. The lowest BCUT2D eigenvalue weighted by Gasteiger charge is -2.25. The van der Waals surface area contributed by atoms with Crippen LogP contribution in [0.15, 0.2) is 0 Å². The van der Waals surface area contributed by atoms with Gasteiger partial charge in [-0.25, -0.2) is 0 Å². The van der Waals surface area contributed by atoms with E-state index in [1.807, 2.05) is 13.8 Å². The largest absolute Gasteiger partial charge is 0.401 e. The lowest BCUT2D eigenvalue weighted by molar-refractivity contribution is -0.146. The van der Waals surface area contributed by atoms with Gasteiger partial charge in [0.15, 0.2) is 0 Å². The molecule has 0 aromatic rings. The third-order valence-corrected chi connectivity index (χ3v) is 4.44. The second-order valence-corrected chi connectivity index (χ2v) is 6.92. The number of alkyl halides is 3. The highest BCUT2D eigenvalue weighted by molar-refractivity contribution is 5.87. The Bertz CT molecular complexity index is 457.